The van der Waals surface area contributed by atoms with E-state index in [1.54, 1.807) is 11.7 Å². The molecule has 0 aliphatic rings. The van der Waals surface area contributed by atoms with Gasteiger partial charge in [0.05, 0.1) is 5.52 Å². The third-order valence-corrected chi connectivity index (χ3v) is 3.16. The van der Waals surface area contributed by atoms with Crippen molar-refractivity contribution in [3.05, 3.63) is 30.0 Å². The molecule has 1 N–H and O–H groups in total. The van der Waals surface area contributed by atoms with Crippen molar-refractivity contribution in [3.8, 4) is 0 Å². The van der Waals surface area contributed by atoms with E-state index < -0.39 is 5.97 Å². The van der Waals surface area contributed by atoms with E-state index in [9.17, 15) is 9.59 Å². The van der Waals surface area contributed by atoms with E-state index in [-0.39, 0.29) is 18.4 Å². The van der Waals surface area contributed by atoms with Crippen molar-refractivity contribution in [2.45, 2.75) is 13.8 Å². The lowest BCUT2D eigenvalue weighted by Crippen LogP contribution is -2.38. The van der Waals surface area contributed by atoms with Gasteiger partial charge in [0.1, 0.15) is 6.54 Å². The number of carboxylic acids is 1. The molecule has 0 spiro atoms. The van der Waals surface area contributed by atoms with Gasteiger partial charge in [0.15, 0.2) is 5.69 Å². The average molecular weight is 289 g/mol. The minimum absolute atomic E-state index is 0.184. The molecule has 6 heteroatoms. The molecule has 0 saturated heterocycles. The van der Waals surface area contributed by atoms with Crippen LogP contribution in [0.3, 0.4) is 0 Å². The quantitative estimate of drug-likeness (QED) is 0.910. The third-order valence-electron chi connectivity index (χ3n) is 3.16. The van der Waals surface area contributed by atoms with E-state index >= 15 is 0 Å². The molecule has 1 amide bonds. The standard InChI is InChI=1S/C15H19N3O3/c1-10(2)8-18(9-13(19)20)15(21)14-11-6-4-5-7-12(11)17(3)16-14/h4-7,10H,8-9H2,1-3H3,(H,19,20). The molecule has 1 aromatic heterocycles. The number of benzene rings is 1. The molecule has 1 heterocycles. The van der Waals surface area contributed by atoms with E-state index in [0.29, 0.717) is 12.2 Å². The number of fused-ring (bicyclic) bond motifs is 1. The summed E-state index contributed by atoms with van der Waals surface area (Å²) in [6, 6.07) is 7.42. The van der Waals surface area contributed by atoms with Gasteiger partial charge in [-0.2, -0.15) is 5.10 Å². The van der Waals surface area contributed by atoms with Crippen LogP contribution in [0.1, 0.15) is 24.3 Å². The second kappa shape index (κ2) is 5.95. The number of hydrogen-bond acceptors (Lipinski definition) is 3. The summed E-state index contributed by atoms with van der Waals surface area (Å²) in [5.41, 5.74) is 1.15. The Bertz CT molecular complexity index is 676. The van der Waals surface area contributed by atoms with E-state index in [1.807, 2.05) is 38.1 Å². The fraction of sp³-hybridized carbons (Fsp3) is 0.400. The van der Waals surface area contributed by atoms with Crippen LogP contribution in [0.25, 0.3) is 10.9 Å². The van der Waals surface area contributed by atoms with Gasteiger partial charge >= 0.3 is 5.97 Å². The van der Waals surface area contributed by atoms with Gasteiger partial charge in [-0.1, -0.05) is 32.0 Å². The molecule has 6 nitrogen and oxygen atoms in total. The van der Waals surface area contributed by atoms with Crippen LogP contribution in [0.2, 0.25) is 0 Å². The molecule has 21 heavy (non-hydrogen) atoms. The van der Waals surface area contributed by atoms with Gasteiger partial charge in [-0.05, 0) is 12.0 Å². The zero-order valence-electron chi connectivity index (χ0n) is 12.4. The molecule has 1 aromatic carbocycles. The minimum Gasteiger partial charge on any atom is -0.480 e. The molecule has 0 bridgehead atoms. The third kappa shape index (κ3) is 3.21. The number of nitrogens with zero attached hydrogens (tertiary/aromatic N) is 3. The number of aliphatic carboxylic acids is 1. The normalized spacial score (nSPS) is 11.0. The maximum absolute atomic E-state index is 12.6. The van der Waals surface area contributed by atoms with Gasteiger partial charge < -0.3 is 10.0 Å². The fourth-order valence-corrected chi connectivity index (χ4v) is 2.34. The van der Waals surface area contributed by atoms with E-state index in [4.69, 9.17) is 5.11 Å². The molecule has 0 radical (unpaired) electrons. The van der Waals surface area contributed by atoms with Gasteiger partial charge in [-0.3, -0.25) is 14.3 Å². The first-order chi connectivity index (χ1) is 9.90. The summed E-state index contributed by atoms with van der Waals surface area (Å²) in [5, 5.41) is 14.0. The summed E-state index contributed by atoms with van der Waals surface area (Å²) < 4.78 is 1.64. The Kier molecular flexibility index (Phi) is 4.26. The molecule has 0 aliphatic carbocycles. The highest BCUT2D eigenvalue weighted by Crippen LogP contribution is 2.19. The summed E-state index contributed by atoms with van der Waals surface area (Å²) in [4.78, 5) is 24.9. The highest BCUT2D eigenvalue weighted by Gasteiger charge is 2.24. The number of carbonyl (C=O) groups excluding carboxylic acids is 1. The Balaban J connectivity index is 2.40. The Labute approximate surface area is 123 Å². The number of para-hydroxylation sites is 1. The summed E-state index contributed by atoms with van der Waals surface area (Å²) in [5.74, 6) is -1.18. The number of carboxylic acid groups (broad SMARTS) is 1. The van der Waals surface area contributed by atoms with Crippen molar-refractivity contribution in [1.82, 2.24) is 14.7 Å². The van der Waals surface area contributed by atoms with Crippen molar-refractivity contribution in [2.75, 3.05) is 13.1 Å². The first-order valence-electron chi connectivity index (χ1n) is 6.83. The highest BCUT2D eigenvalue weighted by molar-refractivity contribution is 6.05. The molecule has 0 atom stereocenters. The number of aryl methyl sites for hydroxylation is 1. The molecule has 0 unspecified atom stereocenters. The van der Waals surface area contributed by atoms with E-state index in [1.165, 1.54) is 4.90 Å². The number of aromatic nitrogens is 2. The topological polar surface area (TPSA) is 75.4 Å². The second-order valence-corrected chi connectivity index (χ2v) is 5.46. The molecule has 2 rings (SSSR count). The summed E-state index contributed by atoms with van der Waals surface area (Å²) in [6.07, 6.45) is 0. The molecular formula is C15H19N3O3. The van der Waals surface area contributed by atoms with Gasteiger partial charge in [0.25, 0.3) is 5.91 Å². The van der Waals surface area contributed by atoms with Crippen LogP contribution in [0.15, 0.2) is 24.3 Å². The molecule has 112 valence electrons. The number of hydrogen-bond donors (Lipinski definition) is 1. The second-order valence-electron chi connectivity index (χ2n) is 5.46. The SMILES string of the molecule is CC(C)CN(CC(=O)O)C(=O)c1nn(C)c2ccccc12. The first-order valence-corrected chi connectivity index (χ1v) is 6.83. The Morgan fingerprint density at radius 3 is 2.62 bits per heavy atom. The largest absolute Gasteiger partial charge is 0.480 e. The monoisotopic (exact) mass is 289 g/mol. The van der Waals surface area contributed by atoms with Crippen molar-refractivity contribution in [3.63, 3.8) is 0 Å². The van der Waals surface area contributed by atoms with Gasteiger partial charge in [0, 0.05) is 19.0 Å². The van der Waals surface area contributed by atoms with Crippen molar-refractivity contribution in [1.29, 1.82) is 0 Å². The fourth-order valence-electron chi connectivity index (χ4n) is 2.34. The lowest BCUT2D eigenvalue weighted by Gasteiger charge is -2.21. The summed E-state index contributed by atoms with van der Waals surface area (Å²) in [6.45, 7) is 3.95. The minimum atomic E-state index is -1.02. The lowest BCUT2D eigenvalue weighted by molar-refractivity contribution is -0.137. The number of rotatable bonds is 5. The Morgan fingerprint density at radius 2 is 2.00 bits per heavy atom. The zero-order valence-corrected chi connectivity index (χ0v) is 12.4. The van der Waals surface area contributed by atoms with Crippen LogP contribution in [-0.2, 0) is 11.8 Å². The van der Waals surface area contributed by atoms with Crippen LogP contribution in [-0.4, -0.2) is 44.8 Å². The van der Waals surface area contributed by atoms with Crippen LogP contribution in [0, 0.1) is 5.92 Å². The average Bonchev–Trinajstić information content (AvgIpc) is 2.74. The van der Waals surface area contributed by atoms with E-state index in [0.717, 1.165) is 10.9 Å². The van der Waals surface area contributed by atoms with Crippen molar-refractivity contribution in [2.24, 2.45) is 13.0 Å². The predicted molar refractivity (Wildman–Crippen MR) is 79.1 cm³/mol. The lowest BCUT2D eigenvalue weighted by atomic mass is 10.1. The molecule has 2 aromatic rings. The maximum Gasteiger partial charge on any atom is 0.323 e. The van der Waals surface area contributed by atoms with Crippen LogP contribution >= 0.6 is 0 Å². The molecule has 0 saturated carbocycles. The van der Waals surface area contributed by atoms with Gasteiger partial charge in [-0.25, -0.2) is 0 Å². The first kappa shape index (κ1) is 15.0. The Hall–Kier alpha value is -2.37. The van der Waals surface area contributed by atoms with Crippen molar-refractivity contribution >= 4 is 22.8 Å². The van der Waals surface area contributed by atoms with Crippen LogP contribution in [0.5, 0.6) is 0 Å². The smallest absolute Gasteiger partial charge is 0.323 e. The molecule has 0 aliphatic heterocycles. The number of carbonyl (C=O) groups is 2. The molecule has 0 fully saturated rings. The maximum atomic E-state index is 12.6. The van der Waals surface area contributed by atoms with Crippen LogP contribution < -0.4 is 0 Å². The van der Waals surface area contributed by atoms with Crippen LogP contribution in [0.4, 0.5) is 0 Å². The molecular weight excluding hydrogens is 270 g/mol. The van der Waals surface area contributed by atoms with Crippen molar-refractivity contribution < 1.29 is 14.7 Å². The Morgan fingerprint density at radius 1 is 1.33 bits per heavy atom. The van der Waals surface area contributed by atoms with Gasteiger partial charge in [0.2, 0.25) is 0 Å². The zero-order chi connectivity index (χ0) is 15.6. The number of amides is 1. The summed E-state index contributed by atoms with van der Waals surface area (Å²) >= 11 is 0. The van der Waals surface area contributed by atoms with E-state index in [2.05, 4.69) is 5.10 Å². The highest BCUT2D eigenvalue weighted by atomic mass is 16.4. The predicted octanol–water partition coefficient (Wildman–Crippen LogP) is 1.76. The van der Waals surface area contributed by atoms with Gasteiger partial charge in [-0.15, -0.1) is 0 Å². The summed E-state index contributed by atoms with van der Waals surface area (Å²) in [7, 11) is 1.77.